The summed E-state index contributed by atoms with van der Waals surface area (Å²) in [5, 5.41) is 5.21. The van der Waals surface area contributed by atoms with Crippen LogP contribution in [0.15, 0.2) is 29.2 Å². The van der Waals surface area contributed by atoms with Crippen LogP contribution in [0.5, 0.6) is 0 Å². The molecule has 0 fully saturated rings. The Kier molecular flexibility index (Phi) is 6.47. The fourth-order valence-electron chi connectivity index (χ4n) is 1.46. The molecule has 1 rings (SSSR count). The van der Waals surface area contributed by atoms with Gasteiger partial charge in [-0.25, -0.2) is 17.9 Å². The predicted molar refractivity (Wildman–Crippen MR) is 78.1 cm³/mol. The summed E-state index contributed by atoms with van der Waals surface area (Å²) in [5.41, 5.74) is 0.998. The van der Waals surface area contributed by atoms with Crippen molar-refractivity contribution >= 4 is 16.1 Å². The molecule has 0 spiro atoms. The SMILES string of the molecule is CCCNC(=O)NCCNS(=O)(=O)c1ccc(C)cc1. The van der Waals surface area contributed by atoms with E-state index in [2.05, 4.69) is 15.4 Å². The molecule has 0 aliphatic heterocycles. The summed E-state index contributed by atoms with van der Waals surface area (Å²) >= 11 is 0. The van der Waals surface area contributed by atoms with Crippen LogP contribution in [0.4, 0.5) is 4.79 Å². The van der Waals surface area contributed by atoms with Crippen LogP contribution in [-0.4, -0.2) is 34.1 Å². The lowest BCUT2D eigenvalue weighted by molar-refractivity contribution is 0.241. The number of urea groups is 1. The number of sulfonamides is 1. The molecular formula is C13H21N3O3S. The maximum absolute atomic E-state index is 11.9. The first-order chi connectivity index (χ1) is 9.45. The summed E-state index contributed by atoms with van der Waals surface area (Å²) in [4.78, 5) is 11.5. The fourth-order valence-corrected chi connectivity index (χ4v) is 2.50. The third kappa shape index (κ3) is 5.58. The molecule has 1 aromatic rings. The molecule has 0 aliphatic carbocycles. The van der Waals surface area contributed by atoms with Gasteiger partial charge in [-0.2, -0.15) is 0 Å². The van der Waals surface area contributed by atoms with Crippen molar-refractivity contribution in [2.75, 3.05) is 19.6 Å². The smallest absolute Gasteiger partial charge is 0.314 e. The van der Waals surface area contributed by atoms with Crippen molar-refractivity contribution in [3.8, 4) is 0 Å². The average molecular weight is 299 g/mol. The highest BCUT2D eigenvalue weighted by molar-refractivity contribution is 7.89. The normalized spacial score (nSPS) is 11.1. The van der Waals surface area contributed by atoms with Gasteiger partial charge in [-0.1, -0.05) is 24.6 Å². The van der Waals surface area contributed by atoms with Crippen LogP contribution in [0.1, 0.15) is 18.9 Å². The Morgan fingerprint density at radius 1 is 1.05 bits per heavy atom. The maximum atomic E-state index is 11.9. The van der Waals surface area contributed by atoms with Crippen LogP contribution >= 0.6 is 0 Å². The second-order valence-electron chi connectivity index (χ2n) is 4.39. The Hall–Kier alpha value is -1.60. The molecule has 6 nitrogen and oxygen atoms in total. The van der Waals surface area contributed by atoms with Gasteiger partial charge < -0.3 is 10.6 Å². The topological polar surface area (TPSA) is 87.3 Å². The lowest BCUT2D eigenvalue weighted by Gasteiger charge is -2.09. The van der Waals surface area contributed by atoms with Crippen molar-refractivity contribution in [1.29, 1.82) is 0 Å². The number of carbonyl (C=O) groups is 1. The number of hydrogen-bond acceptors (Lipinski definition) is 3. The first-order valence-corrected chi connectivity index (χ1v) is 8.02. The van der Waals surface area contributed by atoms with Gasteiger partial charge in [0.25, 0.3) is 0 Å². The standard InChI is InChI=1S/C13H21N3O3S/c1-3-8-14-13(17)15-9-10-16-20(18,19)12-6-4-11(2)5-7-12/h4-7,16H,3,8-10H2,1-2H3,(H2,14,15,17). The van der Waals surface area contributed by atoms with E-state index >= 15 is 0 Å². The summed E-state index contributed by atoms with van der Waals surface area (Å²) in [6, 6.07) is 6.30. The molecular weight excluding hydrogens is 278 g/mol. The quantitative estimate of drug-likeness (QED) is 0.656. The number of rotatable bonds is 7. The monoisotopic (exact) mass is 299 g/mol. The number of carbonyl (C=O) groups excluding carboxylic acids is 1. The number of aryl methyl sites for hydroxylation is 1. The van der Waals surface area contributed by atoms with Crippen LogP contribution in [-0.2, 0) is 10.0 Å². The lowest BCUT2D eigenvalue weighted by Crippen LogP contribution is -2.40. The molecule has 7 heteroatoms. The van der Waals surface area contributed by atoms with Gasteiger partial charge >= 0.3 is 6.03 Å². The molecule has 1 aromatic carbocycles. The third-order valence-electron chi connectivity index (χ3n) is 2.57. The Bertz CT molecular complexity index is 526. The first-order valence-electron chi connectivity index (χ1n) is 6.53. The molecule has 0 aromatic heterocycles. The van der Waals surface area contributed by atoms with Gasteiger partial charge in [0, 0.05) is 19.6 Å². The van der Waals surface area contributed by atoms with E-state index in [0.717, 1.165) is 12.0 Å². The molecule has 0 atom stereocenters. The number of nitrogens with one attached hydrogen (secondary N) is 3. The molecule has 0 aliphatic rings. The van der Waals surface area contributed by atoms with Gasteiger partial charge in [0.1, 0.15) is 0 Å². The fraction of sp³-hybridized carbons (Fsp3) is 0.462. The van der Waals surface area contributed by atoms with E-state index in [9.17, 15) is 13.2 Å². The van der Waals surface area contributed by atoms with Crippen LogP contribution in [0, 0.1) is 6.92 Å². The molecule has 2 amide bonds. The van der Waals surface area contributed by atoms with E-state index in [0.29, 0.717) is 6.54 Å². The summed E-state index contributed by atoms with van der Waals surface area (Å²) in [6.07, 6.45) is 0.855. The van der Waals surface area contributed by atoms with Crippen molar-refractivity contribution in [2.24, 2.45) is 0 Å². The van der Waals surface area contributed by atoms with E-state index in [1.54, 1.807) is 24.3 Å². The van der Waals surface area contributed by atoms with Gasteiger partial charge in [0.2, 0.25) is 10.0 Å². The average Bonchev–Trinajstić information content (AvgIpc) is 2.42. The summed E-state index contributed by atoms with van der Waals surface area (Å²) in [6.45, 7) is 4.83. The minimum absolute atomic E-state index is 0.149. The second kappa shape index (κ2) is 7.86. The molecule has 112 valence electrons. The van der Waals surface area contributed by atoms with Crippen molar-refractivity contribution in [2.45, 2.75) is 25.2 Å². The molecule has 0 bridgehead atoms. The van der Waals surface area contributed by atoms with E-state index in [1.165, 1.54) is 0 Å². The van der Waals surface area contributed by atoms with Gasteiger partial charge in [-0.05, 0) is 25.5 Å². The minimum Gasteiger partial charge on any atom is -0.338 e. The highest BCUT2D eigenvalue weighted by atomic mass is 32.2. The molecule has 0 saturated heterocycles. The zero-order valence-corrected chi connectivity index (χ0v) is 12.6. The van der Waals surface area contributed by atoms with E-state index in [4.69, 9.17) is 0 Å². The highest BCUT2D eigenvalue weighted by Gasteiger charge is 2.12. The zero-order chi connectivity index (χ0) is 15.0. The summed E-state index contributed by atoms with van der Waals surface area (Å²) in [7, 11) is -3.51. The Morgan fingerprint density at radius 3 is 2.25 bits per heavy atom. The maximum Gasteiger partial charge on any atom is 0.314 e. The molecule has 3 N–H and O–H groups in total. The van der Waals surface area contributed by atoms with Crippen LogP contribution in [0.3, 0.4) is 0 Å². The minimum atomic E-state index is -3.51. The van der Waals surface area contributed by atoms with Crippen LogP contribution < -0.4 is 15.4 Å². The number of amides is 2. The Morgan fingerprint density at radius 2 is 1.65 bits per heavy atom. The second-order valence-corrected chi connectivity index (χ2v) is 6.16. The van der Waals surface area contributed by atoms with Crippen molar-refractivity contribution < 1.29 is 13.2 Å². The zero-order valence-electron chi connectivity index (χ0n) is 11.8. The number of hydrogen-bond donors (Lipinski definition) is 3. The largest absolute Gasteiger partial charge is 0.338 e. The third-order valence-corrected chi connectivity index (χ3v) is 4.05. The lowest BCUT2D eigenvalue weighted by atomic mass is 10.2. The Balaban J connectivity index is 2.37. The molecule has 0 saturated carbocycles. The Labute approximate surface area is 120 Å². The van der Waals surface area contributed by atoms with Gasteiger partial charge in [-0.15, -0.1) is 0 Å². The van der Waals surface area contributed by atoms with Gasteiger partial charge in [0.15, 0.2) is 0 Å². The van der Waals surface area contributed by atoms with Gasteiger partial charge in [0.05, 0.1) is 4.90 Å². The molecule has 0 radical (unpaired) electrons. The van der Waals surface area contributed by atoms with E-state index in [1.807, 2.05) is 13.8 Å². The van der Waals surface area contributed by atoms with Gasteiger partial charge in [-0.3, -0.25) is 0 Å². The summed E-state index contributed by atoms with van der Waals surface area (Å²) in [5.74, 6) is 0. The van der Waals surface area contributed by atoms with Crippen LogP contribution in [0.2, 0.25) is 0 Å². The first kappa shape index (κ1) is 16.5. The van der Waals surface area contributed by atoms with Crippen molar-refractivity contribution in [3.63, 3.8) is 0 Å². The molecule has 0 unspecified atom stereocenters. The summed E-state index contributed by atoms with van der Waals surface area (Å²) < 4.78 is 26.3. The highest BCUT2D eigenvalue weighted by Crippen LogP contribution is 2.09. The van der Waals surface area contributed by atoms with Crippen LogP contribution in [0.25, 0.3) is 0 Å². The van der Waals surface area contributed by atoms with Crippen molar-refractivity contribution in [3.05, 3.63) is 29.8 Å². The van der Waals surface area contributed by atoms with E-state index in [-0.39, 0.29) is 24.0 Å². The predicted octanol–water partition coefficient (Wildman–Crippen LogP) is 0.983. The molecule has 20 heavy (non-hydrogen) atoms. The molecule has 0 heterocycles. The number of benzene rings is 1. The van der Waals surface area contributed by atoms with Crippen molar-refractivity contribution in [1.82, 2.24) is 15.4 Å². The van der Waals surface area contributed by atoms with E-state index < -0.39 is 10.0 Å².